The molecule has 24 heavy (non-hydrogen) atoms. The quantitative estimate of drug-likeness (QED) is 0.753. The number of aromatic nitrogens is 1. The molecule has 2 N–H and O–H groups in total. The normalized spacial score (nSPS) is 12.1. The van der Waals surface area contributed by atoms with Gasteiger partial charge >= 0.3 is 0 Å². The van der Waals surface area contributed by atoms with Crippen LogP contribution in [0.4, 0.5) is 0 Å². The molecule has 0 aliphatic rings. The summed E-state index contributed by atoms with van der Waals surface area (Å²) in [4.78, 5) is 15.9. The first-order valence-electron chi connectivity index (χ1n) is 7.57. The number of amides is 1. The van der Waals surface area contributed by atoms with Gasteiger partial charge in [-0.1, -0.05) is 41.4 Å². The summed E-state index contributed by atoms with van der Waals surface area (Å²) in [7, 11) is 0. The predicted molar refractivity (Wildman–Crippen MR) is 95.3 cm³/mol. The summed E-state index contributed by atoms with van der Waals surface area (Å²) in [5.74, 6) is -0.174. The SMILES string of the molecule is CC(=O)N[C@H](c1ccc(C)cc1)c1cc(Cl)c2cccnc2c1O. The van der Waals surface area contributed by atoms with E-state index >= 15 is 0 Å². The Morgan fingerprint density at radius 1 is 1.25 bits per heavy atom. The van der Waals surface area contributed by atoms with E-state index in [-0.39, 0.29) is 11.7 Å². The van der Waals surface area contributed by atoms with Crippen molar-refractivity contribution in [1.82, 2.24) is 10.3 Å². The highest BCUT2D eigenvalue weighted by atomic mass is 35.5. The molecule has 0 saturated heterocycles. The Bertz CT molecular complexity index is 907. The van der Waals surface area contributed by atoms with Crippen LogP contribution < -0.4 is 5.32 Å². The molecule has 122 valence electrons. The number of hydrogen-bond donors (Lipinski definition) is 2. The number of phenols is 1. The first-order valence-corrected chi connectivity index (χ1v) is 7.95. The molecular weight excluding hydrogens is 324 g/mol. The van der Waals surface area contributed by atoms with Gasteiger partial charge in [0.1, 0.15) is 11.3 Å². The van der Waals surface area contributed by atoms with E-state index in [1.807, 2.05) is 31.2 Å². The minimum absolute atomic E-state index is 0.0225. The van der Waals surface area contributed by atoms with Crippen LogP contribution in [0, 0.1) is 6.92 Å². The maximum atomic E-state index is 11.7. The molecule has 2 aromatic carbocycles. The van der Waals surface area contributed by atoms with Gasteiger partial charge in [0.15, 0.2) is 0 Å². The molecule has 3 rings (SSSR count). The molecule has 5 heteroatoms. The van der Waals surface area contributed by atoms with Crippen LogP contribution in [0.25, 0.3) is 10.9 Å². The number of benzene rings is 2. The van der Waals surface area contributed by atoms with Gasteiger partial charge in [-0.2, -0.15) is 0 Å². The minimum Gasteiger partial charge on any atom is -0.505 e. The second-order valence-corrected chi connectivity index (χ2v) is 6.15. The summed E-state index contributed by atoms with van der Waals surface area (Å²) in [6.45, 7) is 3.44. The fourth-order valence-corrected chi connectivity index (χ4v) is 3.00. The average molecular weight is 341 g/mol. The van der Waals surface area contributed by atoms with Gasteiger partial charge in [-0.15, -0.1) is 0 Å². The van der Waals surface area contributed by atoms with Gasteiger partial charge in [0.25, 0.3) is 0 Å². The third-order valence-corrected chi connectivity index (χ3v) is 4.23. The van der Waals surface area contributed by atoms with E-state index in [1.165, 1.54) is 6.92 Å². The number of nitrogens with zero attached hydrogens (tertiary/aromatic N) is 1. The van der Waals surface area contributed by atoms with E-state index < -0.39 is 6.04 Å². The van der Waals surface area contributed by atoms with Crippen LogP contribution in [-0.2, 0) is 4.79 Å². The number of rotatable bonds is 3. The predicted octanol–water partition coefficient (Wildman–Crippen LogP) is 4.13. The van der Waals surface area contributed by atoms with Crippen LogP contribution in [-0.4, -0.2) is 16.0 Å². The number of phenolic OH excluding ortho intramolecular Hbond substituents is 1. The number of aromatic hydroxyl groups is 1. The van der Waals surface area contributed by atoms with Crippen LogP contribution in [0.5, 0.6) is 5.75 Å². The first kappa shape index (κ1) is 16.3. The van der Waals surface area contributed by atoms with Gasteiger partial charge < -0.3 is 10.4 Å². The van der Waals surface area contributed by atoms with Gasteiger partial charge in [0.05, 0.1) is 11.1 Å². The molecule has 0 aliphatic carbocycles. The molecule has 0 aliphatic heterocycles. The number of carbonyl (C=O) groups excluding carboxylic acids is 1. The Balaban J connectivity index is 2.21. The van der Waals surface area contributed by atoms with Crippen LogP contribution in [0.3, 0.4) is 0 Å². The summed E-state index contributed by atoms with van der Waals surface area (Å²) in [6.07, 6.45) is 1.60. The zero-order valence-electron chi connectivity index (χ0n) is 13.4. The topological polar surface area (TPSA) is 62.2 Å². The monoisotopic (exact) mass is 340 g/mol. The summed E-state index contributed by atoms with van der Waals surface area (Å²) in [5.41, 5.74) is 2.91. The van der Waals surface area contributed by atoms with Gasteiger partial charge in [0, 0.05) is 24.1 Å². The summed E-state index contributed by atoms with van der Waals surface area (Å²) in [6, 6.07) is 12.5. The van der Waals surface area contributed by atoms with Crippen LogP contribution in [0.2, 0.25) is 5.02 Å². The number of nitrogens with one attached hydrogen (secondary N) is 1. The Labute approximate surface area is 145 Å². The van der Waals surface area contributed by atoms with Gasteiger partial charge in [-0.05, 0) is 30.7 Å². The lowest BCUT2D eigenvalue weighted by Crippen LogP contribution is -2.27. The summed E-state index contributed by atoms with van der Waals surface area (Å²) < 4.78 is 0. The second-order valence-electron chi connectivity index (χ2n) is 5.74. The Hall–Kier alpha value is -2.59. The molecule has 4 nitrogen and oxygen atoms in total. The number of hydrogen-bond acceptors (Lipinski definition) is 3. The maximum Gasteiger partial charge on any atom is 0.217 e. The van der Waals surface area contributed by atoms with E-state index in [1.54, 1.807) is 24.4 Å². The van der Waals surface area contributed by atoms with Crippen LogP contribution in [0.15, 0.2) is 48.7 Å². The van der Waals surface area contributed by atoms with Crippen molar-refractivity contribution in [3.8, 4) is 5.75 Å². The van der Waals surface area contributed by atoms with Gasteiger partial charge in [-0.25, -0.2) is 0 Å². The standard InChI is InChI=1S/C19H17ClN2O2/c1-11-5-7-13(8-6-11)17(22-12(2)23)15-10-16(20)14-4-3-9-21-18(14)19(15)24/h3-10,17,24H,1-2H3,(H,22,23)/t17-/m1/s1. The maximum absolute atomic E-state index is 11.7. The first-order chi connectivity index (χ1) is 11.5. The van der Waals surface area contributed by atoms with Crippen LogP contribution in [0.1, 0.15) is 29.7 Å². The van der Waals surface area contributed by atoms with E-state index in [0.717, 1.165) is 11.1 Å². The Morgan fingerprint density at radius 2 is 1.96 bits per heavy atom. The smallest absolute Gasteiger partial charge is 0.217 e. The van der Waals surface area contributed by atoms with Crippen molar-refractivity contribution in [2.45, 2.75) is 19.9 Å². The van der Waals surface area contributed by atoms with Crippen molar-refractivity contribution in [3.05, 3.63) is 70.4 Å². The molecule has 0 radical (unpaired) electrons. The molecule has 0 bridgehead atoms. The fourth-order valence-electron chi connectivity index (χ4n) is 2.73. The number of halogens is 1. The lowest BCUT2D eigenvalue weighted by Gasteiger charge is -2.21. The number of fused-ring (bicyclic) bond motifs is 1. The van der Waals surface area contributed by atoms with Crippen LogP contribution >= 0.6 is 11.6 Å². The van der Waals surface area contributed by atoms with Crippen molar-refractivity contribution < 1.29 is 9.90 Å². The molecule has 0 unspecified atom stereocenters. The highest BCUT2D eigenvalue weighted by Crippen LogP contribution is 2.38. The molecule has 1 heterocycles. The molecule has 0 saturated carbocycles. The molecule has 0 fully saturated rings. The summed E-state index contributed by atoms with van der Waals surface area (Å²) >= 11 is 6.36. The molecule has 1 aromatic heterocycles. The molecular formula is C19H17ClN2O2. The van der Waals surface area contributed by atoms with Crippen molar-refractivity contribution in [1.29, 1.82) is 0 Å². The zero-order valence-corrected chi connectivity index (χ0v) is 14.1. The largest absolute Gasteiger partial charge is 0.505 e. The molecule has 3 aromatic rings. The lowest BCUT2D eigenvalue weighted by atomic mass is 9.95. The molecule has 0 spiro atoms. The fraction of sp³-hybridized carbons (Fsp3) is 0.158. The Kier molecular flexibility index (Phi) is 4.40. The molecule has 1 atom stereocenters. The average Bonchev–Trinajstić information content (AvgIpc) is 2.57. The van der Waals surface area contributed by atoms with E-state index in [9.17, 15) is 9.90 Å². The highest BCUT2D eigenvalue weighted by molar-refractivity contribution is 6.35. The van der Waals surface area contributed by atoms with Crippen molar-refractivity contribution >= 4 is 28.4 Å². The third-order valence-electron chi connectivity index (χ3n) is 3.91. The van der Waals surface area contributed by atoms with Crippen molar-refractivity contribution in [2.24, 2.45) is 0 Å². The zero-order chi connectivity index (χ0) is 17.3. The second kappa shape index (κ2) is 6.49. The number of carbonyl (C=O) groups is 1. The highest BCUT2D eigenvalue weighted by Gasteiger charge is 2.22. The summed E-state index contributed by atoms with van der Waals surface area (Å²) in [5, 5.41) is 14.7. The van der Waals surface area contributed by atoms with E-state index in [2.05, 4.69) is 10.3 Å². The van der Waals surface area contributed by atoms with Gasteiger partial charge in [0.2, 0.25) is 5.91 Å². The third kappa shape index (κ3) is 3.05. The lowest BCUT2D eigenvalue weighted by molar-refractivity contribution is -0.119. The number of pyridine rings is 1. The number of aryl methyl sites for hydroxylation is 1. The van der Waals surface area contributed by atoms with Gasteiger partial charge in [-0.3, -0.25) is 9.78 Å². The molecule has 1 amide bonds. The van der Waals surface area contributed by atoms with E-state index in [0.29, 0.717) is 21.5 Å². The van der Waals surface area contributed by atoms with Crippen molar-refractivity contribution in [3.63, 3.8) is 0 Å². The van der Waals surface area contributed by atoms with Crippen molar-refractivity contribution in [2.75, 3.05) is 0 Å². The minimum atomic E-state index is -0.507. The van der Waals surface area contributed by atoms with E-state index in [4.69, 9.17) is 11.6 Å². The Morgan fingerprint density at radius 3 is 2.62 bits per heavy atom.